The van der Waals surface area contributed by atoms with Crippen molar-refractivity contribution in [2.75, 3.05) is 10.6 Å². The molecule has 0 bridgehead atoms. The second-order valence-corrected chi connectivity index (χ2v) is 10.5. The van der Waals surface area contributed by atoms with Crippen molar-refractivity contribution >= 4 is 44.3 Å². The number of benzene rings is 2. The van der Waals surface area contributed by atoms with Crippen LogP contribution in [0.1, 0.15) is 47.2 Å². The largest absolute Gasteiger partial charge is 0.439 e. The number of ether oxygens (including phenoxy) is 1. The Kier molecular flexibility index (Phi) is 5.61. The third-order valence-corrected chi connectivity index (χ3v) is 7.66. The molecule has 0 unspecified atom stereocenters. The fourth-order valence-electron chi connectivity index (χ4n) is 4.39. The number of aromatic nitrogens is 2. The van der Waals surface area contributed by atoms with E-state index >= 15 is 0 Å². The molecule has 2 amide bonds. The highest BCUT2D eigenvalue weighted by Gasteiger charge is 2.46. The molecule has 0 saturated heterocycles. The quantitative estimate of drug-likeness (QED) is 0.318. The molecule has 0 aliphatic heterocycles. The third-order valence-electron chi connectivity index (χ3n) is 6.78. The molecule has 6 rings (SSSR count). The van der Waals surface area contributed by atoms with Crippen LogP contribution in [-0.4, -0.2) is 21.8 Å². The summed E-state index contributed by atoms with van der Waals surface area (Å²) in [6, 6.07) is 18.6. The Morgan fingerprint density at radius 2 is 1.89 bits per heavy atom. The molecule has 8 nitrogen and oxygen atoms in total. The summed E-state index contributed by atoms with van der Waals surface area (Å²) in [5.74, 6) is 0.772. The number of nitrogens with zero attached hydrogens (tertiary/aromatic N) is 3. The monoisotopic (exact) mass is 509 g/mol. The number of nitriles is 1. The van der Waals surface area contributed by atoms with Crippen LogP contribution in [0.5, 0.6) is 11.6 Å². The Hall–Kier alpha value is -4.29. The van der Waals surface area contributed by atoms with Crippen LogP contribution in [0.4, 0.5) is 10.8 Å². The number of amides is 2. The SMILES string of the molecule is Cc1c(C(=O)Nc2cccc(Oc3ccc4nc(NC(=O)C5CC5)sc4n3)c2)cccc1C1(C#N)CC1. The Bertz CT molecular complexity index is 1600. The number of carbonyl (C=O) groups excluding carboxylic acids is 2. The van der Waals surface area contributed by atoms with Gasteiger partial charge in [0.05, 0.1) is 11.5 Å². The van der Waals surface area contributed by atoms with E-state index in [4.69, 9.17) is 4.74 Å². The van der Waals surface area contributed by atoms with Gasteiger partial charge >= 0.3 is 0 Å². The number of carbonyl (C=O) groups is 2. The van der Waals surface area contributed by atoms with Gasteiger partial charge in [0, 0.05) is 29.3 Å². The van der Waals surface area contributed by atoms with Crippen LogP contribution in [0.15, 0.2) is 54.6 Å². The number of hydrogen-bond donors (Lipinski definition) is 2. The lowest BCUT2D eigenvalue weighted by Gasteiger charge is -2.15. The molecule has 37 heavy (non-hydrogen) atoms. The van der Waals surface area contributed by atoms with Gasteiger partial charge in [0.15, 0.2) is 5.13 Å². The van der Waals surface area contributed by atoms with Gasteiger partial charge in [-0.05, 0) is 68.0 Å². The minimum Gasteiger partial charge on any atom is -0.439 e. The van der Waals surface area contributed by atoms with Gasteiger partial charge in [-0.3, -0.25) is 9.59 Å². The van der Waals surface area contributed by atoms with Crippen molar-refractivity contribution in [1.29, 1.82) is 5.26 Å². The second-order valence-electron chi connectivity index (χ2n) is 9.51. The normalized spacial score (nSPS) is 15.6. The van der Waals surface area contributed by atoms with E-state index in [-0.39, 0.29) is 17.7 Å². The van der Waals surface area contributed by atoms with E-state index in [2.05, 4.69) is 26.7 Å². The van der Waals surface area contributed by atoms with Crippen molar-refractivity contribution in [3.63, 3.8) is 0 Å². The average molecular weight is 510 g/mol. The first-order valence-corrected chi connectivity index (χ1v) is 12.9. The second kappa shape index (κ2) is 8.98. The smallest absolute Gasteiger partial charge is 0.255 e. The number of fused-ring (bicyclic) bond motifs is 1. The van der Waals surface area contributed by atoms with Crippen LogP contribution >= 0.6 is 11.3 Å². The lowest BCUT2D eigenvalue weighted by atomic mass is 9.90. The number of pyridine rings is 1. The summed E-state index contributed by atoms with van der Waals surface area (Å²) in [6.45, 7) is 1.89. The van der Waals surface area contributed by atoms with Crippen molar-refractivity contribution in [3.8, 4) is 17.7 Å². The molecule has 184 valence electrons. The fraction of sp³-hybridized carbons (Fsp3) is 0.250. The highest BCUT2D eigenvalue weighted by Crippen LogP contribution is 2.49. The summed E-state index contributed by atoms with van der Waals surface area (Å²) in [5.41, 5.74) is 3.13. The van der Waals surface area contributed by atoms with E-state index in [1.807, 2.05) is 19.1 Å². The van der Waals surface area contributed by atoms with Crippen LogP contribution in [0.2, 0.25) is 0 Å². The zero-order valence-corrected chi connectivity index (χ0v) is 20.9. The molecule has 4 aromatic rings. The van der Waals surface area contributed by atoms with E-state index in [1.165, 1.54) is 11.3 Å². The molecule has 0 atom stereocenters. The summed E-state index contributed by atoms with van der Waals surface area (Å²) >= 11 is 1.30. The lowest BCUT2D eigenvalue weighted by Crippen LogP contribution is -2.16. The molecule has 2 fully saturated rings. The molecule has 2 aliphatic rings. The summed E-state index contributed by atoms with van der Waals surface area (Å²) < 4.78 is 5.96. The number of anilines is 2. The van der Waals surface area contributed by atoms with Gasteiger partial charge in [-0.25, -0.2) is 9.97 Å². The van der Waals surface area contributed by atoms with Crippen molar-refractivity contribution < 1.29 is 14.3 Å². The zero-order valence-electron chi connectivity index (χ0n) is 20.1. The van der Waals surface area contributed by atoms with Gasteiger partial charge in [0.1, 0.15) is 16.1 Å². The fourth-order valence-corrected chi connectivity index (χ4v) is 5.22. The third kappa shape index (κ3) is 4.63. The van der Waals surface area contributed by atoms with Crippen molar-refractivity contribution in [1.82, 2.24) is 9.97 Å². The van der Waals surface area contributed by atoms with E-state index in [0.717, 1.165) is 36.8 Å². The summed E-state index contributed by atoms with van der Waals surface area (Å²) in [4.78, 5) is 34.7. The number of nitrogens with one attached hydrogen (secondary N) is 2. The minimum atomic E-state index is -0.454. The van der Waals surface area contributed by atoms with Crippen molar-refractivity contribution in [2.45, 2.75) is 38.0 Å². The molecule has 0 spiro atoms. The van der Waals surface area contributed by atoms with Crippen molar-refractivity contribution in [2.24, 2.45) is 5.92 Å². The molecule has 2 aliphatic carbocycles. The van der Waals surface area contributed by atoms with Crippen LogP contribution in [-0.2, 0) is 10.2 Å². The van der Waals surface area contributed by atoms with E-state index in [0.29, 0.717) is 38.4 Å². The number of thiazole rings is 1. The summed E-state index contributed by atoms with van der Waals surface area (Å²) in [7, 11) is 0. The average Bonchev–Trinajstić information content (AvgIpc) is 3.81. The molecular formula is C28H23N5O3S. The van der Waals surface area contributed by atoms with Gasteiger partial charge in [-0.15, -0.1) is 0 Å². The predicted molar refractivity (Wildman–Crippen MR) is 141 cm³/mol. The number of rotatable bonds is 7. The molecule has 2 N–H and O–H groups in total. The lowest BCUT2D eigenvalue weighted by molar-refractivity contribution is -0.117. The van der Waals surface area contributed by atoms with Crippen LogP contribution in [0, 0.1) is 24.2 Å². The molecular weight excluding hydrogens is 486 g/mol. The summed E-state index contributed by atoms with van der Waals surface area (Å²) in [5, 5.41) is 15.9. The first-order chi connectivity index (χ1) is 17.9. The maximum absolute atomic E-state index is 13.1. The molecule has 2 aromatic carbocycles. The van der Waals surface area contributed by atoms with E-state index in [9.17, 15) is 14.9 Å². The molecule has 9 heteroatoms. The maximum Gasteiger partial charge on any atom is 0.255 e. The topological polar surface area (TPSA) is 117 Å². The Balaban J connectivity index is 1.16. The first-order valence-electron chi connectivity index (χ1n) is 12.1. The standard InChI is InChI=1S/C28H23N5O3S/c1-16-20(6-3-7-21(16)28(15-29)12-13-28)25(35)30-18-4-2-5-19(14-18)36-23-11-10-22-26(32-23)37-27(31-22)33-24(34)17-8-9-17/h2-7,10-11,14,17H,8-9,12-13H2,1H3,(H,30,35)(H,31,33,34). The zero-order chi connectivity index (χ0) is 25.6. The Morgan fingerprint density at radius 1 is 1.08 bits per heavy atom. The molecule has 0 radical (unpaired) electrons. The summed E-state index contributed by atoms with van der Waals surface area (Å²) in [6.07, 6.45) is 3.51. The van der Waals surface area contributed by atoms with Gasteiger partial charge < -0.3 is 15.4 Å². The maximum atomic E-state index is 13.1. The molecule has 2 heterocycles. The van der Waals surface area contributed by atoms with Gasteiger partial charge in [0.2, 0.25) is 11.8 Å². The van der Waals surface area contributed by atoms with E-state index in [1.54, 1.807) is 42.5 Å². The highest BCUT2D eigenvalue weighted by atomic mass is 32.1. The predicted octanol–water partition coefficient (Wildman–Crippen LogP) is 5.95. The van der Waals surface area contributed by atoms with Gasteiger partial charge in [-0.1, -0.05) is 29.5 Å². The molecule has 2 aromatic heterocycles. The van der Waals surface area contributed by atoms with Crippen LogP contribution in [0.25, 0.3) is 10.3 Å². The Labute approximate surface area is 217 Å². The van der Waals surface area contributed by atoms with E-state index < -0.39 is 5.41 Å². The van der Waals surface area contributed by atoms with Gasteiger partial charge in [0.25, 0.3) is 5.91 Å². The van der Waals surface area contributed by atoms with Crippen LogP contribution < -0.4 is 15.4 Å². The van der Waals surface area contributed by atoms with Gasteiger partial charge in [-0.2, -0.15) is 5.26 Å². The minimum absolute atomic E-state index is 0.00780. The molecule has 2 saturated carbocycles. The van der Waals surface area contributed by atoms with Crippen molar-refractivity contribution in [3.05, 3.63) is 71.3 Å². The van der Waals surface area contributed by atoms with Crippen LogP contribution in [0.3, 0.4) is 0 Å². The Morgan fingerprint density at radius 3 is 2.65 bits per heavy atom. The first kappa shape index (κ1) is 23.1. The highest BCUT2D eigenvalue weighted by molar-refractivity contribution is 7.21. The number of hydrogen-bond acceptors (Lipinski definition) is 7.